The van der Waals surface area contributed by atoms with E-state index in [0.717, 1.165) is 5.75 Å². The second-order valence-corrected chi connectivity index (χ2v) is 5.01. The average Bonchev–Trinajstić information content (AvgIpc) is 2.60. The molecule has 1 amide bonds. The normalized spacial score (nSPS) is 10.0. The lowest BCUT2D eigenvalue weighted by Gasteiger charge is -2.10. The molecule has 2 aromatic carbocycles. The Morgan fingerprint density at radius 1 is 1.00 bits per heavy atom. The van der Waals surface area contributed by atoms with E-state index in [4.69, 9.17) is 9.47 Å². The Hall–Kier alpha value is -2.79. The van der Waals surface area contributed by atoms with Crippen molar-refractivity contribution in [2.24, 2.45) is 0 Å². The molecule has 0 aromatic heterocycles. The van der Waals surface area contributed by atoms with Crippen LogP contribution in [0.25, 0.3) is 0 Å². The Bertz CT molecular complexity index is 644. The monoisotopic (exact) mass is 326 g/mol. The van der Waals surface area contributed by atoms with Crippen molar-refractivity contribution in [2.75, 3.05) is 31.6 Å². The number of carbonyl (C=O) groups excluding carboxylic acids is 1. The van der Waals surface area contributed by atoms with E-state index in [1.807, 2.05) is 48.5 Å². The van der Waals surface area contributed by atoms with Crippen molar-refractivity contribution in [1.82, 2.24) is 5.32 Å². The van der Waals surface area contributed by atoms with Gasteiger partial charge in [-0.15, -0.1) is 6.58 Å². The highest BCUT2D eigenvalue weighted by Crippen LogP contribution is 2.17. The maximum absolute atomic E-state index is 11.7. The number of carbonyl (C=O) groups is 1. The molecule has 0 bridgehead atoms. The van der Waals surface area contributed by atoms with Crippen LogP contribution >= 0.6 is 0 Å². The minimum Gasteiger partial charge on any atom is -0.490 e. The number of anilines is 1. The van der Waals surface area contributed by atoms with Crippen LogP contribution in [0.15, 0.2) is 67.3 Å². The van der Waals surface area contributed by atoms with Crippen LogP contribution in [0.2, 0.25) is 0 Å². The first-order chi connectivity index (χ1) is 11.8. The summed E-state index contributed by atoms with van der Waals surface area (Å²) in [5, 5.41) is 5.76. The van der Waals surface area contributed by atoms with Crippen molar-refractivity contribution in [3.8, 4) is 11.5 Å². The first-order valence-electron chi connectivity index (χ1n) is 7.80. The largest absolute Gasteiger partial charge is 0.490 e. The molecule has 0 saturated carbocycles. The van der Waals surface area contributed by atoms with Gasteiger partial charge in [0.2, 0.25) is 5.91 Å². The van der Waals surface area contributed by atoms with E-state index >= 15 is 0 Å². The number of rotatable bonds is 10. The average molecular weight is 326 g/mol. The van der Waals surface area contributed by atoms with Crippen molar-refractivity contribution in [2.45, 2.75) is 0 Å². The zero-order chi connectivity index (χ0) is 17.0. The number of benzene rings is 2. The molecular formula is C19H22N2O3. The summed E-state index contributed by atoms with van der Waals surface area (Å²) in [6, 6.07) is 16.9. The third-order valence-corrected chi connectivity index (χ3v) is 3.06. The van der Waals surface area contributed by atoms with E-state index in [1.165, 1.54) is 0 Å². The molecule has 2 aromatic rings. The quantitative estimate of drug-likeness (QED) is 0.521. The molecule has 0 aliphatic carbocycles. The lowest BCUT2D eigenvalue weighted by atomic mass is 10.3. The number of ether oxygens (including phenoxy) is 2. The van der Waals surface area contributed by atoms with E-state index in [0.29, 0.717) is 31.2 Å². The summed E-state index contributed by atoms with van der Waals surface area (Å²) >= 11 is 0. The lowest BCUT2D eigenvalue weighted by molar-refractivity contribution is -0.115. The van der Waals surface area contributed by atoms with Crippen LogP contribution in [0.5, 0.6) is 11.5 Å². The molecule has 2 N–H and O–H groups in total. The van der Waals surface area contributed by atoms with Gasteiger partial charge in [0.15, 0.2) is 0 Å². The minimum atomic E-state index is -0.110. The van der Waals surface area contributed by atoms with E-state index in [-0.39, 0.29) is 12.5 Å². The highest BCUT2D eigenvalue weighted by Gasteiger charge is 2.03. The van der Waals surface area contributed by atoms with Gasteiger partial charge in [-0.2, -0.15) is 0 Å². The van der Waals surface area contributed by atoms with Crippen LogP contribution < -0.4 is 20.1 Å². The van der Waals surface area contributed by atoms with Gasteiger partial charge in [0.1, 0.15) is 24.7 Å². The minimum absolute atomic E-state index is 0.110. The third-order valence-electron chi connectivity index (χ3n) is 3.06. The zero-order valence-corrected chi connectivity index (χ0v) is 13.5. The molecule has 2 rings (SSSR count). The molecule has 0 fully saturated rings. The van der Waals surface area contributed by atoms with Gasteiger partial charge in [0.25, 0.3) is 0 Å². The number of hydrogen-bond acceptors (Lipinski definition) is 4. The van der Waals surface area contributed by atoms with Gasteiger partial charge in [0, 0.05) is 18.3 Å². The number of nitrogens with one attached hydrogen (secondary N) is 2. The van der Waals surface area contributed by atoms with Gasteiger partial charge in [0.05, 0.1) is 6.54 Å². The van der Waals surface area contributed by atoms with Gasteiger partial charge < -0.3 is 20.1 Å². The van der Waals surface area contributed by atoms with Crippen LogP contribution in [0.3, 0.4) is 0 Å². The fourth-order valence-corrected chi connectivity index (χ4v) is 1.99. The van der Waals surface area contributed by atoms with Crippen LogP contribution in [0, 0.1) is 0 Å². The maximum atomic E-state index is 11.7. The first-order valence-corrected chi connectivity index (χ1v) is 7.80. The van der Waals surface area contributed by atoms with Gasteiger partial charge in [-0.25, -0.2) is 0 Å². The van der Waals surface area contributed by atoms with Gasteiger partial charge in [-0.05, 0) is 24.3 Å². The third kappa shape index (κ3) is 6.54. The number of para-hydroxylation sites is 1. The summed E-state index contributed by atoms with van der Waals surface area (Å²) in [5.74, 6) is 1.39. The topological polar surface area (TPSA) is 59.6 Å². The molecule has 5 nitrogen and oxygen atoms in total. The Balaban J connectivity index is 1.73. The van der Waals surface area contributed by atoms with Crippen molar-refractivity contribution in [3.05, 3.63) is 67.3 Å². The summed E-state index contributed by atoms with van der Waals surface area (Å²) < 4.78 is 11.2. The SMILES string of the molecule is C=CCNCC(=O)Nc1cccc(OCCOc2ccccc2)c1. The van der Waals surface area contributed by atoms with Crippen molar-refractivity contribution in [1.29, 1.82) is 0 Å². The molecular weight excluding hydrogens is 304 g/mol. The van der Waals surface area contributed by atoms with E-state index in [9.17, 15) is 4.79 Å². The lowest BCUT2D eigenvalue weighted by Crippen LogP contribution is -2.28. The van der Waals surface area contributed by atoms with Crippen LogP contribution in [-0.2, 0) is 4.79 Å². The van der Waals surface area contributed by atoms with Crippen LogP contribution in [0.1, 0.15) is 0 Å². The van der Waals surface area contributed by atoms with E-state index in [1.54, 1.807) is 12.1 Å². The molecule has 24 heavy (non-hydrogen) atoms. The summed E-state index contributed by atoms with van der Waals surface area (Å²) in [4.78, 5) is 11.7. The van der Waals surface area contributed by atoms with Crippen LogP contribution in [-0.4, -0.2) is 32.2 Å². The molecule has 0 atom stereocenters. The fourth-order valence-electron chi connectivity index (χ4n) is 1.99. The Labute approximate surface area is 142 Å². The maximum Gasteiger partial charge on any atom is 0.238 e. The van der Waals surface area contributed by atoms with Crippen LogP contribution in [0.4, 0.5) is 5.69 Å². The smallest absolute Gasteiger partial charge is 0.238 e. The highest BCUT2D eigenvalue weighted by atomic mass is 16.5. The van der Waals surface area contributed by atoms with E-state index < -0.39 is 0 Å². The summed E-state index contributed by atoms with van der Waals surface area (Å²) in [6.07, 6.45) is 1.71. The second kappa shape index (κ2) is 10.1. The van der Waals surface area contributed by atoms with Gasteiger partial charge in [-0.3, -0.25) is 4.79 Å². The molecule has 0 aliphatic rings. The molecule has 0 saturated heterocycles. The fraction of sp³-hybridized carbons (Fsp3) is 0.211. The highest BCUT2D eigenvalue weighted by molar-refractivity contribution is 5.92. The van der Waals surface area contributed by atoms with Gasteiger partial charge in [-0.1, -0.05) is 30.3 Å². The Morgan fingerprint density at radius 2 is 1.71 bits per heavy atom. The van der Waals surface area contributed by atoms with Crippen molar-refractivity contribution < 1.29 is 14.3 Å². The number of hydrogen-bond donors (Lipinski definition) is 2. The summed E-state index contributed by atoms with van der Waals surface area (Å²) in [7, 11) is 0. The predicted molar refractivity (Wildman–Crippen MR) is 95.6 cm³/mol. The Morgan fingerprint density at radius 3 is 2.46 bits per heavy atom. The molecule has 0 heterocycles. The first kappa shape index (κ1) is 17.6. The predicted octanol–water partition coefficient (Wildman–Crippen LogP) is 2.86. The van der Waals surface area contributed by atoms with Crippen molar-refractivity contribution in [3.63, 3.8) is 0 Å². The molecule has 0 radical (unpaired) electrons. The summed E-state index contributed by atoms with van der Waals surface area (Å²) in [5.41, 5.74) is 0.696. The second-order valence-electron chi connectivity index (χ2n) is 5.01. The van der Waals surface area contributed by atoms with Crippen molar-refractivity contribution >= 4 is 11.6 Å². The molecule has 5 heteroatoms. The molecule has 0 spiro atoms. The molecule has 0 aliphatic heterocycles. The zero-order valence-electron chi connectivity index (χ0n) is 13.5. The molecule has 0 unspecified atom stereocenters. The molecule has 126 valence electrons. The summed E-state index contributed by atoms with van der Waals surface area (Å²) in [6.45, 7) is 5.29. The number of amides is 1. The van der Waals surface area contributed by atoms with Gasteiger partial charge >= 0.3 is 0 Å². The standard InChI is InChI=1S/C19H22N2O3/c1-2-11-20-15-19(22)21-16-7-6-10-18(14-16)24-13-12-23-17-8-4-3-5-9-17/h2-10,14,20H,1,11-13,15H2,(H,21,22). The van der Waals surface area contributed by atoms with E-state index in [2.05, 4.69) is 17.2 Å². The Kier molecular flexibility index (Phi) is 7.37.